The number of aliphatic imine (C=N–C) groups is 1. The molecule has 0 unspecified atom stereocenters. The number of oxazole rings is 1. The van der Waals surface area contributed by atoms with Crippen LogP contribution in [0.5, 0.6) is 0 Å². The second kappa shape index (κ2) is 3.98. The van der Waals surface area contributed by atoms with E-state index in [9.17, 15) is 0 Å². The normalized spacial score (nSPS) is 17.3. The molecule has 1 aliphatic heterocycles. The van der Waals surface area contributed by atoms with E-state index < -0.39 is 0 Å². The maximum atomic E-state index is 5.60. The van der Waals surface area contributed by atoms with Crippen molar-refractivity contribution in [2.24, 2.45) is 4.99 Å². The molecule has 2 aromatic rings. The molecule has 0 bridgehead atoms. The van der Waals surface area contributed by atoms with Crippen molar-refractivity contribution >= 4 is 5.90 Å². The third-order valence-electron chi connectivity index (χ3n) is 2.77. The smallest absolute Gasteiger partial charge is 0.240 e. The fraction of sp³-hybridized carbons (Fsp3) is 0.286. The van der Waals surface area contributed by atoms with Gasteiger partial charge in [0.15, 0.2) is 17.8 Å². The number of benzene rings is 1. The van der Waals surface area contributed by atoms with Crippen LogP contribution in [0.4, 0.5) is 0 Å². The van der Waals surface area contributed by atoms with Gasteiger partial charge in [0.25, 0.3) is 0 Å². The minimum Gasteiger partial charge on any atom is -0.474 e. The Bertz CT molecular complexity index is 585. The van der Waals surface area contributed by atoms with E-state index >= 15 is 0 Å². The average molecular weight is 242 g/mol. The fourth-order valence-corrected chi connectivity index (χ4v) is 1.90. The van der Waals surface area contributed by atoms with Crippen molar-refractivity contribution in [2.45, 2.75) is 19.4 Å². The van der Waals surface area contributed by atoms with E-state index in [1.165, 1.54) is 6.39 Å². The summed E-state index contributed by atoms with van der Waals surface area (Å²) in [5.41, 5.74) is 1.45. The summed E-state index contributed by atoms with van der Waals surface area (Å²) in [5, 5.41) is 0. The summed E-state index contributed by atoms with van der Waals surface area (Å²) in [6, 6.07) is 9.84. The zero-order valence-corrected chi connectivity index (χ0v) is 10.4. The number of hydrogen-bond acceptors (Lipinski definition) is 4. The van der Waals surface area contributed by atoms with E-state index in [1.54, 1.807) is 0 Å². The Hall–Kier alpha value is -2.10. The highest BCUT2D eigenvalue weighted by atomic mass is 16.5. The molecule has 4 nitrogen and oxygen atoms in total. The van der Waals surface area contributed by atoms with Gasteiger partial charge in [0, 0.05) is 5.56 Å². The second-order valence-corrected chi connectivity index (χ2v) is 4.91. The Labute approximate surface area is 105 Å². The van der Waals surface area contributed by atoms with Gasteiger partial charge in [0.2, 0.25) is 5.90 Å². The summed E-state index contributed by atoms with van der Waals surface area (Å²) in [6.07, 6.45) is 1.43. The average Bonchev–Trinajstić information content (AvgIpc) is 2.96. The van der Waals surface area contributed by atoms with Gasteiger partial charge in [-0.2, -0.15) is 0 Å². The van der Waals surface area contributed by atoms with Gasteiger partial charge in [-0.3, -0.25) is 0 Å². The van der Waals surface area contributed by atoms with Crippen molar-refractivity contribution in [1.82, 2.24) is 4.98 Å². The van der Waals surface area contributed by atoms with Crippen molar-refractivity contribution in [1.29, 1.82) is 0 Å². The predicted molar refractivity (Wildman–Crippen MR) is 68.5 cm³/mol. The zero-order chi connectivity index (χ0) is 12.6. The van der Waals surface area contributed by atoms with Crippen LogP contribution in [0.2, 0.25) is 0 Å². The Morgan fingerprint density at radius 2 is 1.94 bits per heavy atom. The summed E-state index contributed by atoms with van der Waals surface area (Å²) in [4.78, 5) is 8.74. The molecule has 18 heavy (non-hydrogen) atoms. The zero-order valence-electron chi connectivity index (χ0n) is 10.4. The predicted octanol–water partition coefficient (Wildman–Crippen LogP) is 2.90. The first-order valence-corrected chi connectivity index (χ1v) is 5.88. The first-order valence-electron chi connectivity index (χ1n) is 5.88. The molecule has 1 aliphatic rings. The van der Waals surface area contributed by atoms with Crippen molar-refractivity contribution in [3.8, 4) is 11.3 Å². The lowest BCUT2D eigenvalue weighted by Gasteiger charge is -2.07. The van der Waals surface area contributed by atoms with Gasteiger partial charge >= 0.3 is 0 Å². The monoisotopic (exact) mass is 242 g/mol. The molecule has 4 heteroatoms. The van der Waals surface area contributed by atoms with Crippen LogP contribution in [0.3, 0.4) is 0 Å². The molecular weight excluding hydrogens is 228 g/mol. The molecular formula is C14H14N2O2. The van der Waals surface area contributed by atoms with Gasteiger partial charge in [-0.25, -0.2) is 9.98 Å². The number of hydrogen-bond donors (Lipinski definition) is 0. The van der Waals surface area contributed by atoms with Gasteiger partial charge in [-0.15, -0.1) is 0 Å². The molecule has 0 saturated carbocycles. The minimum absolute atomic E-state index is 0.192. The van der Waals surface area contributed by atoms with Gasteiger partial charge in [0.05, 0.1) is 5.54 Å². The minimum atomic E-state index is -0.192. The van der Waals surface area contributed by atoms with Gasteiger partial charge < -0.3 is 9.15 Å². The van der Waals surface area contributed by atoms with Crippen LogP contribution < -0.4 is 0 Å². The lowest BCUT2D eigenvalue weighted by atomic mass is 10.1. The molecule has 0 N–H and O–H groups in total. The molecule has 92 valence electrons. The largest absolute Gasteiger partial charge is 0.474 e. The number of ether oxygens (including phenoxy) is 1. The summed E-state index contributed by atoms with van der Waals surface area (Å²) < 4.78 is 11.1. The summed E-state index contributed by atoms with van der Waals surface area (Å²) in [5.74, 6) is 1.26. The van der Waals surface area contributed by atoms with Crippen LogP contribution in [0.25, 0.3) is 11.3 Å². The third-order valence-corrected chi connectivity index (χ3v) is 2.77. The molecule has 1 aromatic carbocycles. The Balaban J connectivity index is 2.04. The second-order valence-electron chi connectivity index (χ2n) is 4.91. The lowest BCUT2D eigenvalue weighted by Crippen LogP contribution is -2.17. The molecule has 0 radical (unpaired) electrons. The fourth-order valence-electron chi connectivity index (χ4n) is 1.90. The van der Waals surface area contributed by atoms with E-state index in [4.69, 9.17) is 9.15 Å². The van der Waals surface area contributed by atoms with Crippen LogP contribution in [-0.4, -0.2) is 23.0 Å². The highest BCUT2D eigenvalue weighted by Gasteiger charge is 2.30. The standard InChI is InChI=1S/C14H14N2O2/c1-14(2)8-17-13(16-14)11-12(18-9-15-11)10-6-4-3-5-7-10/h3-7,9H,8H2,1-2H3. The van der Waals surface area contributed by atoms with Crippen molar-refractivity contribution in [2.75, 3.05) is 6.61 Å². The third kappa shape index (κ3) is 1.90. The number of rotatable bonds is 2. The topological polar surface area (TPSA) is 47.6 Å². The molecule has 1 aromatic heterocycles. The highest BCUT2D eigenvalue weighted by molar-refractivity contribution is 5.98. The molecule has 3 rings (SSSR count). The molecule has 0 atom stereocenters. The lowest BCUT2D eigenvalue weighted by molar-refractivity contribution is 0.279. The van der Waals surface area contributed by atoms with E-state index in [1.807, 2.05) is 44.2 Å². The highest BCUT2D eigenvalue weighted by Crippen LogP contribution is 2.27. The van der Waals surface area contributed by atoms with Crippen molar-refractivity contribution in [3.05, 3.63) is 42.4 Å². The van der Waals surface area contributed by atoms with Crippen LogP contribution in [-0.2, 0) is 4.74 Å². The molecule has 0 spiro atoms. The molecule has 0 fully saturated rings. The SMILES string of the molecule is CC1(C)COC(c2ncoc2-c2ccccc2)=N1. The molecule has 0 amide bonds. The maximum Gasteiger partial charge on any atom is 0.240 e. The van der Waals surface area contributed by atoms with Gasteiger partial charge in [0.1, 0.15) is 6.61 Å². The van der Waals surface area contributed by atoms with Gasteiger partial charge in [-0.05, 0) is 13.8 Å². The number of nitrogens with zero attached hydrogens (tertiary/aromatic N) is 2. The van der Waals surface area contributed by atoms with Crippen LogP contribution in [0.15, 0.2) is 46.1 Å². The maximum absolute atomic E-state index is 5.60. The number of aromatic nitrogens is 1. The van der Waals surface area contributed by atoms with Crippen LogP contribution >= 0.6 is 0 Å². The Morgan fingerprint density at radius 1 is 1.17 bits per heavy atom. The Morgan fingerprint density at radius 3 is 2.61 bits per heavy atom. The molecule has 2 heterocycles. The summed E-state index contributed by atoms with van der Waals surface area (Å²) in [7, 11) is 0. The van der Waals surface area contributed by atoms with E-state index in [-0.39, 0.29) is 5.54 Å². The van der Waals surface area contributed by atoms with Crippen LogP contribution in [0, 0.1) is 0 Å². The quantitative estimate of drug-likeness (QED) is 0.813. The summed E-state index contributed by atoms with van der Waals surface area (Å²) in [6.45, 7) is 4.63. The molecule has 0 aliphatic carbocycles. The van der Waals surface area contributed by atoms with E-state index in [0.29, 0.717) is 24.0 Å². The van der Waals surface area contributed by atoms with Crippen molar-refractivity contribution in [3.63, 3.8) is 0 Å². The first kappa shape index (κ1) is 11.0. The summed E-state index contributed by atoms with van der Waals surface area (Å²) >= 11 is 0. The van der Waals surface area contributed by atoms with Gasteiger partial charge in [-0.1, -0.05) is 30.3 Å². The van der Waals surface area contributed by atoms with Crippen LogP contribution in [0.1, 0.15) is 19.5 Å². The van der Waals surface area contributed by atoms with E-state index in [0.717, 1.165) is 5.56 Å². The van der Waals surface area contributed by atoms with E-state index in [2.05, 4.69) is 9.98 Å². The molecule has 0 saturated heterocycles. The first-order chi connectivity index (χ1) is 8.66. The van der Waals surface area contributed by atoms with Crippen molar-refractivity contribution < 1.29 is 9.15 Å². The Kier molecular flexibility index (Phi) is 2.44.